The number of rotatable bonds is 2. The Bertz CT molecular complexity index is 630. The lowest BCUT2D eigenvalue weighted by Crippen LogP contribution is -2.23. The fraction of sp³-hybridized carbons (Fsp3) is 0.412. The monoisotopic (exact) mass is 303 g/mol. The van der Waals surface area contributed by atoms with Gasteiger partial charge in [0.15, 0.2) is 0 Å². The molecule has 1 rings (SSSR count). The van der Waals surface area contributed by atoms with Crippen molar-refractivity contribution in [1.82, 2.24) is 0 Å². The van der Waals surface area contributed by atoms with Crippen molar-refractivity contribution in [2.75, 3.05) is 13.8 Å². The molecule has 0 saturated carbocycles. The predicted molar refractivity (Wildman–Crippen MR) is 84.7 cm³/mol. The molecule has 0 unspecified atom stereocenters. The number of nitrogens with zero attached hydrogens (tertiary/aromatic N) is 1. The van der Waals surface area contributed by atoms with Crippen LogP contribution in [0.4, 0.5) is 0 Å². The van der Waals surface area contributed by atoms with E-state index < -0.39 is 12.7 Å². The van der Waals surface area contributed by atoms with Gasteiger partial charge in [-0.25, -0.2) is 9.79 Å². The molecule has 0 saturated heterocycles. The molecule has 0 bridgehead atoms. The molecule has 118 valence electrons. The first-order chi connectivity index (χ1) is 10.3. The number of benzene rings is 1. The molecule has 22 heavy (non-hydrogen) atoms. The Hall–Kier alpha value is -2.32. The van der Waals surface area contributed by atoms with Crippen LogP contribution in [0.25, 0.3) is 0 Å². The highest BCUT2D eigenvalue weighted by atomic mass is 16.6. The lowest BCUT2D eigenvalue weighted by atomic mass is 9.97. The molecule has 0 aliphatic rings. The molecule has 0 aliphatic heterocycles. The Morgan fingerprint density at radius 1 is 1.36 bits per heavy atom. The van der Waals surface area contributed by atoms with Gasteiger partial charge in [-0.05, 0) is 45.4 Å². The van der Waals surface area contributed by atoms with Crippen molar-refractivity contribution in [2.45, 2.75) is 27.7 Å². The summed E-state index contributed by atoms with van der Waals surface area (Å²) in [5.74, 6) is 5.59. The van der Waals surface area contributed by atoms with Gasteiger partial charge in [-0.15, -0.1) is 0 Å². The van der Waals surface area contributed by atoms with Gasteiger partial charge in [0.25, 0.3) is 0 Å². The van der Waals surface area contributed by atoms with Crippen LogP contribution in [0.5, 0.6) is 5.75 Å². The van der Waals surface area contributed by atoms with E-state index in [4.69, 9.17) is 9.84 Å². The molecular formula is C17H21NO4. The van der Waals surface area contributed by atoms with Crippen molar-refractivity contribution in [3.8, 4) is 17.6 Å². The molecule has 0 aromatic heterocycles. The van der Waals surface area contributed by atoms with Crippen LogP contribution in [-0.4, -0.2) is 30.8 Å². The number of carbonyl (C=O) groups excluding carboxylic acids is 1. The van der Waals surface area contributed by atoms with Gasteiger partial charge < -0.3 is 14.6 Å². The summed E-state index contributed by atoms with van der Waals surface area (Å²) < 4.78 is 10.0. The highest BCUT2D eigenvalue weighted by Crippen LogP contribution is 2.20. The minimum atomic E-state index is -0.750. The molecule has 1 aromatic carbocycles. The molecule has 0 radical (unpaired) electrons. The van der Waals surface area contributed by atoms with Crippen LogP contribution >= 0.6 is 0 Å². The smallest absolute Gasteiger partial charge is 0.394 e. The predicted octanol–water partition coefficient (Wildman–Crippen LogP) is 2.29. The Morgan fingerprint density at radius 2 is 2.05 bits per heavy atom. The Morgan fingerprint density at radius 3 is 2.59 bits per heavy atom. The summed E-state index contributed by atoms with van der Waals surface area (Å²) in [6.45, 7) is 7.34. The summed E-state index contributed by atoms with van der Waals surface area (Å²) >= 11 is 0. The topological polar surface area (TPSA) is 68.1 Å². The van der Waals surface area contributed by atoms with Crippen LogP contribution in [0.1, 0.15) is 31.9 Å². The van der Waals surface area contributed by atoms with E-state index in [-0.39, 0.29) is 11.3 Å². The highest BCUT2D eigenvalue weighted by molar-refractivity contribution is 6.33. The third-order valence-corrected chi connectivity index (χ3v) is 2.55. The van der Waals surface area contributed by atoms with Crippen molar-refractivity contribution < 1.29 is 19.4 Å². The van der Waals surface area contributed by atoms with Crippen LogP contribution < -0.4 is 4.74 Å². The molecule has 0 aliphatic carbocycles. The summed E-state index contributed by atoms with van der Waals surface area (Å²) in [6.07, 6.45) is 0. The first-order valence-corrected chi connectivity index (χ1v) is 6.82. The van der Waals surface area contributed by atoms with Crippen molar-refractivity contribution in [2.24, 2.45) is 10.4 Å². The van der Waals surface area contributed by atoms with E-state index >= 15 is 0 Å². The minimum absolute atomic E-state index is 0.110. The van der Waals surface area contributed by atoms with E-state index in [1.54, 1.807) is 6.07 Å². The molecule has 0 spiro atoms. The second-order valence-corrected chi connectivity index (χ2v) is 5.68. The molecule has 5 heteroatoms. The molecule has 0 heterocycles. The lowest BCUT2D eigenvalue weighted by molar-refractivity contribution is -0.133. The summed E-state index contributed by atoms with van der Waals surface area (Å²) in [6, 6.07) is 5.45. The van der Waals surface area contributed by atoms with Gasteiger partial charge in [-0.3, -0.25) is 0 Å². The molecular weight excluding hydrogens is 282 g/mol. The molecule has 0 amide bonds. The van der Waals surface area contributed by atoms with Gasteiger partial charge in [-0.2, -0.15) is 0 Å². The fourth-order valence-electron chi connectivity index (χ4n) is 1.44. The highest BCUT2D eigenvalue weighted by Gasteiger charge is 2.16. The van der Waals surface area contributed by atoms with Crippen LogP contribution in [0.3, 0.4) is 0 Å². The maximum Gasteiger partial charge on any atom is 0.394 e. The number of aliphatic imine (C=N–C) groups is 1. The number of methoxy groups -OCH3 is 1. The van der Waals surface area contributed by atoms with Crippen molar-refractivity contribution in [3.05, 3.63) is 29.3 Å². The average Bonchev–Trinajstić information content (AvgIpc) is 2.45. The summed E-state index contributed by atoms with van der Waals surface area (Å²) in [5, 5.41) is 8.86. The number of esters is 1. The average molecular weight is 303 g/mol. The fourth-order valence-corrected chi connectivity index (χ4v) is 1.44. The quantitative estimate of drug-likeness (QED) is 0.394. The Labute approximate surface area is 131 Å². The van der Waals surface area contributed by atoms with Crippen LogP contribution in [0.15, 0.2) is 23.2 Å². The first kappa shape index (κ1) is 17.7. The maximum absolute atomic E-state index is 11.5. The Balaban J connectivity index is 3.11. The van der Waals surface area contributed by atoms with E-state index in [1.807, 2.05) is 39.8 Å². The van der Waals surface area contributed by atoms with Crippen molar-refractivity contribution in [3.63, 3.8) is 0 Å². The van der Waals surface area contributed by atoms with Gasteiger partial charge in [0, 0.05) is 11.0 Å². The van der Waals surface area contributed by atoms with E-state index in [2.05, 4.69) is 21.6 Å². The summed E-state index contributed by atoms with van der Waals surface area (Å²) in [4.78, 5) is 15.1. The van der Waals surface area contributed by atoms with Gasteiger partial charge >= 0.3 is 11.9 Å². The number of carbonyl (C=O) groups is 1. The molecule has 1 N–H and O–H groups in total. The first-order valence-electron chi connectivity index (χ1n) is 6.82. The van der Waals surface area contributed by atoms with E-state index in [0.717, 1.165) is 11.1 Å². The van der Waals surface area contributed by atoms with Crippen molar-refractivity contribution >= 4 is 11.9 Å². The zero-order valence-corrected chi connectivity index (χ0v) is 13.6. The van der Waals surface area contributed by atoms with E-state index in [0.29, 0.717) is 5.75 Å². The molecule has 0 fully saturated rings. The van der Waals surface area contributed by atoms with Gasteiger partial charge in [-0.1, -0.05) is 17.9 Å². The van der Waals surface area contributed by atoms with Gasteiger partial charge in [0.1, 0.15) is 12.5 Å². The molecule has 1 aromatic rings. The van der Waals surface area contributed by atoms with Crippen LogP contribution in [0.2, 0.25) is 0 Å². The normalized spacial score (nSPS) is 11.5. The minimum Gasteiger partial charge on any atom is -0.462 e. The largest absolute Gasteiger partial charge is 0.462 e. The number of hydrogen-bond donors (Lipinski definition) is 1. The van der Waals surface area contributed by atoms with Crippen LogP contribution in [-0.2, 0) is 9.53 Å². The van der Waals surface area contributed by atoms with Gasteiger partial charge in [0.2, 0.25) is 0 Å². The van der Waals surface area contributed by atoms with Crippen LogP contribution in [0, 0.1) is 24.2 Å². The SMILES string of the molecule is COC(=O)/C(=N/CO)Oc1cc(C#CC(C)(C)C)ccc1C. The summed E-state index contributed by atoms with van der Waals surface area (Å²) in [7, 11) is 1.22. The Kier molecular flexibility index (Phi) is 6.14. The maximum atomic E-state index is 11.5. The number of hydrogen-bond acceptors (Lipinski definition) is 5. The molecule has 5 nitrogen and oxygen atoms in total. The third-order valence-electron chi connectivity index (χ3n) is 2.55. The van der Waals surface area contributed by atoms with E-state index in [1.165, 1.54) is 7.11 Å². The molecule has 0 atom stereocenters. The van der Waals surface area contributed by atoms with E-state index in [9.17, 15) is 4.79 Å². The zero-order valence-electron chi connectivity index (χ0n) is 13.6. The number of aliphatic hydroxyl groups excluding tert-OH is 1. The number of aliphatic hydroxyl groups is 1. The standard InChI is InChI=1S/C17H21NO4/c1-12-6-7-13(8-9-17(2,3)4)10-14(12)22-15(18-11-19)16(20)21-5/h6-7,10,19H,11H2,1-5H3/b18-15-. The van der Waals surface area contributed by atoms with Crippen molar-refractivity contribution in [1.29, 1.82) is 0 Å². The second-order valence-electron chi connectivity index (χ2n) is 5.68. The van der Waals surface area contributed by atoms with Gasteiger partial charge in [0.05, 0.1) is 7.11 Å². The number of ether oxygens (including phenoxy) is 2. The lowest BCUT2D eigenvalue weighted by Gasteiger charge is -2.10. The number of aryl methyl sites for hydroxylation is 1. The zero-order chi connectivity index (χ0) is 16.8. The second kappa shape index (κ2) is 7.62. The summed E-state index contributed by atoms with van der Waals surface area (Å²) in [5.41, 5.74) is 1.47. The third kappa shape index (κ3) is 5.58.